The van der Waals surface area contributed by atoms with Crippen LogP contribution in [0.1, 0.15) is 0 Å². The minimum Gasteiger partial charge on any atom is -0.494 e. The Morgan fingerprint density at radius 2 is 1.88 bits per heavy atom. The van der Waals surface area contributed by atoms with Crippen molar-refractivity contribution in [3.63, 3.8) is 0 Å². The zero-order valence-corrected chi connectivity index (χ0v) is 24.0. The van der Waals surface area contributed by atoms with Crippen LogP contribution < -0.4 is 20.3 Å². The molecular weight excluding hydrogens is 522 g/mol. The van der Waals surface area contributed by atoms with E-state index in [-0.39, 0.29) is 18.4 Å². The third-order valence-electron chi connectivity index (χ3n) is 6.69. The third-order valence-corrected chi connectivity index (χ3v) is 6.69. The van der Waals surface area contributed by atoms with Crippen LogP contribution in [0.4, 0.5) is 23.0 Å². The number of hydrogen-bond donors (Lipinski definition) is 2. The van der Waals surface area contributed by atoms with Gasteiger partial charge in [-0.1, -0.05) is 24.8 Å². The molecule has 0 aliphatic rings. The molecule has 2 N–H and O–H groups in total. The number of hydrogen-bond acceptors (Lipinski definition) is 9. The van der Waals surface area contributed by atoms with Crippen LogP contribution in [0.25, 0.3) is 22.2 Å². The van der Waals surface area contributed by atoms with Crippen LogP contribution in [0.2, 0.25) is 0 Å². The highest BCUT2D eigenvalue weighted by Crippen LogP contribution is 2.38. The van der Waals surface area contributed by atoms with E-state index in [0.717, 1.165) is 27.8 Å². The van der Waals surface area contributed by atoms with E-state index >= 15 is 0 Å². The molecule has 41 heavy (non-hydrogen) atoms. The summed E-state index contributed by atoms with van der Waals surface area (Å²) in [6.07, 6.45) is 4.96. The van der Waals surface area contributed by atoms with Crippen molar-refractivity contribution in [1.29, 1.82) is 0 Å². The summed E-state index contributed by atoms with van der Waals surface area (Å²) in [5.74, 6) is 0.247. The fraction of sp³-hybridized carbons (Fsp3) is 0.267. The average Bonchev–Trinajstić information content (AvgIpc) is 3.32. The largest absolute Gasteiger partial charge is 0.494 e. The van der Waals surface area contributed by atoms with Gasteiger partial charge in [0.1, 0.15) is 5.75 Å². The number of rotatable bonds is 12. The monoisotopic (exact) mass is 557 g/mol. The summed E-state index contributed by atoms with van der Waals surface area (Å²) in [7, 11) is 8.68. The van der Waals surface area contributed by atoms with Gasteiger partial charge in [0.25, 0.3) is 0 Å². The second kappa shape index (κ2) is 13.0. The SMILES string of the molecule is C=CC(=O)Nc1cc(Nc2nccc(-c3cn(C)c4ccccc34)n2)c(OC)cc1N(C)CCN(C)CC(=O)OC. The minimum absolute atomic E-state index is 0.175. The van der Waals surface area contributed by atoms with Gasteiger partial charge >= 0.3 is 5.97 Å². The zero-order valence-electron chi connectivity index (χ0n) is 24.0. The van der Waals surface area contributed by atoms with Gasteiger partial charge in [0, 0.05) is 62.1 Å². The third kappa shape index (κ3) is 6.82. The van der Waals surface area contributed by atoms with Gasteiger partial charge in [-0.25, -0.2) is 9.97 Å². The van der Waals surface area contributed by atoms with E-state index in [1.807, 2.05) is 61.4 Å². The lowest BCUT2D eigenvalue weighted by atomic mass is 10.1. The number of aryl methyl sites for hydroxylation is 1. The molecule has 0 aliphatic heterocycles. The first kappa shape index (κ1) is 29.1. The van der Waals surface area contributed by atoms with Crippen LogP contribution in [0.5, 0.6) is 5.75 Å². The summed E-state index contributed by atoms with van der Waals surface area (Å²) in [5, 5.41) is 7.23. The molecule has 4 aromatic rings. The Labute approximate surface area is 239 Å². The van der Waals surface area contributed by atoms with Gasteiger partial charge in [-0.2, -0.15) is 0 Å². The van der Waals surface area contributed by atoms with Crippen molar-refractivity contribution in [2.24, 2.45) is 7.05 Å². The lowest BCUT2D eigenvalue weighted by Crippen LogP contribution is -2.34. The van der Waals surface area contributed by atoms with Crippen molar-refractivity contribution >= 4 is 45.8 Å². The Balaban J connectivity index is 1.64. The molecule has 11 heteroatoms. The van der Waals surface area contributed by atoms with Crippen LogP contribution in [0.15, 0.2) is 67.5 Å². The molecule has 0 saturated heterocycles. The Morgan fingerprint density at radius 1 is 1.10 bits per heavy atom. The second-order valence-electron chi connectivity index (χ2n) is 9.56. The number of carbonyl (C=O) groups excluding carboxylic acids is 2. The van der Waals surface area contributed by atoms with Gasteiger partial charge in [0.15, 0.2) is 0 Å². The van der Waals surface area contributed by atoms with E-state index in [2.05, 4.69) is 38.9 Å². The molecule has 0 fully saturated rings. The number of fused-ring (bicyclic) bond motifs is 1. The maximum absolute atomic E-state index is 12.3. The number of methoxy groups -OCH3 is 2. The fourth-order valence-electron chi connectivity index (χ4n) is 4.48. The molecule has 0 bridgehead atoms. The molecule has 2 heterocycles. The molecule has 0 atom stereocenters. The molecule has 2 aromatic carbocycles. The second-order valence-corrected chi connectivity index (χ2v) is 9.56. The number of benzene rings is 2. The van der Waals surface area contributed by atoms with Crippen LogP contribution in [-0.4, -0.2) is 79.3 Å². The van der Waals surface area contributed by atoms with Crippen LogP contribution in [0.3, 0.4) is 0 Å². The lowest BCUT2D eigenvalue weighted by Gasteiger charge is -2.26. The van der Waals surface area contributed by atoms with E-state index in [0.29, 0.717) is 36.2 Å². The number of ether oxygens (including phenoxy) is 2. The van der Waals surface area contributed by atoms with Crippen LogP contribution in [0, 0.1) is 0 Å². The van der Waals surface area contributed by atoms with Crippen molar-refractivity contribution in [3.05, 3.63) is 67.5 Å². The summed E-state index contributed by atoms with van der Waals surface area (Å²) in [5.41, 5.74) is 4.71. The fourth-order valence-corrected chi connectivity index (χ4v) is 4.48. The van der Waals surface area contributed by atoms with Gasteiger partial charge < -0.3 is 29.6 Å². The van der Waals surface area contributed by atoms with Gasteiger partial charge in [0.05, 0.1) is 43.5 Å². The number of anilines is 4. The summed E-state index contributed by atoms with van der Waals surface area (Å²) in [6.45, 7) is 4.90. The Kier molecular flexibility index (Phi) is 9.20. The van der Waals surface area contributed by atoms with Crippen molar-refractivity contribution in [2.45, 2.75) is 0 Å². The molecule has 0 aliphatic carbocycles. The molecule has 1 amide bonds. The molecule has 0 spiro atoms. The molecule has 0 radical (unpaired) electrons. The van der Waals surface area contributed by atoms with E-state index in [1.54, 1.807) is 19.4 Å². The Morgan fingerprint density at radius 3 is 2.61 bits per heavy atom. The number of esters is 1. The van der Waals surface area contributed by atoms with Crippen LogP contribution >= 0.6 is 0 Å². The molecule has 0 unspecified atom stereocenters. The van der Waals surface area contributed by atoms with E-state index in [9.17, 15) is 9.59 Å². The smallest absolute Gasteiger partial charge is 0.319 e. The first-order valence-corrected chi connectivity index (χ1v) is 13.0. The highest BCUT2D eigenvalue weighted by molar-refractivity contribution is 6.02. The predicted octanol–water partition coefficient (Wildman–Crippen LogP) is 4.05. The average molecular weight is 558 g/mol. The summed E-state index contributed by atoms with van der Waals surface area (Å²) >= 11 is 0. The van der Waals surface area contributed by atoms with E-state index < -0.39 is 0 Å². The zero-order chi connectivity index (χ0) is 29.5. The number of aromatic nitrogens is 3. The number of para-hydroxylation sites is 1. The Bertz CT molecular complexity index is 1570. The molecule has 4 rings (SSSR count). The molecule has 214 valence electrons. The Hall–Kier alpha value is -4.90. The van der Waals surface area contributed by atoms with Crippen molar-refractivity contribution in [3.8, 4) is 17.0 Å². The van der Waals surface area contributed by atoms with E-state index in [4.69, 9.17) is 14.5 Å². The quantitative estimate of drug-likeness (QED) is 0.197. The molecular formula is C30H35N7O4. The number of likely N-dealkylation sites (N-methyl/N-ethyl adjacent to an activating group) is 2. The highest BCUT2D eigenvalue weighted by Gasteiger charge is 2.18. The predicted molar refractivity (Wildman–Crippen MR) is 162 cm³/mol. The van der Waals surface area contributed by atoms with Crippen molar-refractivity contribution < 1.29 is 19.1 Å². The minimum atomic E-state index is -0.354. The van der Waals surface area contributed by atoms with Crippen molar-refractivity contribution in [2.75, 3.05) is 63.5 Å². The van der Waals surface area contributed by atoms with Gasteiger partial charge in [-0.3, -0.25) is 14.5 Å². The van der Waals surface area contributed by atoms with Crippen molar-refractivity contribution in [1.82, 2.24) is 19.4 Å². The van der Waals surface area contributed by atoms with Gasteiger partial charge in [-0.15, -0.1) is 0 Å². The maximum atomic E-state index is 12.3. The standard InChI is InChI=1S/C30H35N7O4/c1-7-28(38)32-23-16-24(27(40-5)17-26(23)36(3)15-14-35(2)19-29(39)41-6)34-30-31-13-12-22(33-30)21-18-37(4)25-11-9-8-10-20(21)25/h7-13,16-18H,1,14-15,19H2,2-6H3,(H,32,38)(H,31,33,34). The summed E-state index contributed by atoms with van der Waals surface area (Å²) < 4.78 is 12.5. The van der Waals surface area contributed by atoms with Gasteiger partial charge in [0.2, 0.25) is 11.9 Å². The first-order valence-electron chi connectivity index (χ1n) is 13.0. The molecule has 2 aromatic heterocycles. The number of nitrogens with zero attached hydrogens (tertiary/aromatic N) is 5. The maximum Gasteiger partial charge on any atom is 0.319 e. The molecule has 11 nitrogen and oxygen atoms in total. The summed E-state index contributed by atoms with van der Waals surface area (Å²) in [6, 6.07) is 13.6. The number of carbonyl (C=O) groups is 2. The number of nitrogens with one attached hydrogen (secondary N) is 2. The van der Waals surface area contributed by atoms with Gasteiger partial charge in [-0.05, 0) is 31.3 Å². The summed E-state index contributed by atoms with van der Waals surface area (Å²) in [4.78, 5) is 37.0. The first-order chi connectivity index (χ1) is 19.7. The molecule has 0 saturated carbocycles. The normalized spacial score (nSPS) is 10.9. The van der Waals surface area contributed by atoms with Crippen LogP contribution in [-0.2, 0) is 21.4 Å². The van der Waals surface area contributed by atoms with E-state index in [1.165, 1.54) is 13.2 Å². The topological polar surface area (TPSA) is 114 Å². The highest BCUT2D eigenvalue weighted by atomic mass is 16.5. The lowest BCUT2D eigenvalue weighted by molar-refractivity contribution is -0.141. The number of amides is 1.